The summed E-state index contributed by atoms with van der Waals surface area (Å²) >= 11 is 0. The van der Waals surface area contributed by atoms with E-state index in [0.717, 1.165) is 24.9 Å². The van der Waals surface area contributed by atoms with Crippen LogP contribution in [0, 0.1) is 0 Å². The molecule has 2 N–H and O–H groups in total. The van der Waals surface area contributed by atoms with E-state index in [0.29, 0.717) is 16.9 Å². The molecule has 4 rings (SSSR count). The van der Waals surface area contributed by atoms with Crippen molar-refractivity contribution in [3.05, 3.63) is 66.0 Å². The Labute approximate surface area is 146 Å². The van der Waals surface area contributed by atoms with Crippen LogP contribution in [-0.4, -0.2) is 33.9 Å². The summed E-state index contributed by atoms with van der Waals surface area (Å²) in [4.78, 5) is 22.9. The fourth-order valence-corrected chi connectivity index (χ4v) is 3.62. The number of nitrogens with two attached hydrogens (primary N) is 1. The first kappa shape index (κ1) is 15.6. The van der Waals surface area contributed by atoms with Gasteiger partial charge in [-0.05, 0) is 30.2 Å². The van der Waals surface area contributed by atoms with E-state index in [4.69, 9.17) is 5.73 Å². The lowest BCUT2D eigenvalue weighted by atomic mass is 9.71. The minimum absolute atomic E-state index is 0.0408. The van der Waals surface area contributed by atoms with Crippen LogP contribution < -0.4 is 5.73 Å². The number of likely N-dealkylation sites (tertiary alicyclic amines) is 1. The van der Waals surface area contributed by atoms with E-state index < -0.39 is 0 Å². The average Bonchev–Trinajstić information content (AvgIpc) is 2.62. The summed E-state index contributed by atoms with van der Waals surface area (Å²) in [5.41, 5.74) is 8.57. The van der Waals surface area contributed by atoms with Gasteiger partial charge in [-0.1, -0.05) is 37.3 Å². The number of rotatable bonds is 3. The number of hydrogen-bond donors (Lipinski definition) is 1. The Morgan fingerprint density at radius 1 is 1.16 bits per heavy atom. The highest BCUT2D eigenvalue weighted by atomic mass is 16.2. The zero-order chi connectivity index (χ0) is 17.4. The molecule has 0 bridgehead atoms. The maximum Gasteiger partial charge on any atom is 0.253 e. The highest BCUT2D eigenvalue weighted by Gasteiger charge is 2.45. The molecule has 126 valence electrons. The topological polar surface area (TPSA) is 72.1 Å². The monoisotopic (exact) mass is 332 g/mol. The first-order valence-electron chi connectivity index (χ1n) is 8.48. The second-order valence-electron chi connectivity index (χ2n) is 6.65. The van der Waals surface area contributed by atoms with Crippen LogP contribution >= 0.6 is 0 Å². The average molecular weight is 332 g/mol. The number of benzene rings is 2. The van der Waals surface area contributed by atoms with Crippen molar-refractivity contribution in [1.82, 2.24) is 14.9 Å². The Kier molecular flexibility index (Phi) is 3.64. The molecule has 1 saturated heterocycles. The van der Waals surface area contributed by atoms with E-state index in [2.05, 4.69) is 41.2 Å². The van der Waals surface area contributed by atoms with Gasteiger partial charge >= 0.3 is 0 Å². The lowest BCUT2D eigenvalue weighted by molar-refractivity contribution is 0.0376. The van der Waals surface area contributed by atoms with Gasteiger partial charge in [0.05, 0.1) is 5.52 Å². The fourth-order valence-electron chi connectivity index (χ4n) is 3.62. The Morgan fingerprint density at radius 2 is 1.92 bits per heavy atom. The summed E-state index contributed by atoms with van der Waals surface area (Å²) < 4.78 is 0. The number of aromatic nitrogens is 2. The van der Waals surface area contributed by atoms with Crippen LogP contribution in [0.1, 0.15) is 29.3 Å². The van der Waals surface area contributed by atoms with Crippen LogP contribution in [-0.2, 0) is 5.41 Å². The van der Waals surface area contributed by atoms with Crippen molar-refractivity contribution >= 4 is 22.6 Å². The number of fused-ring (bicyclic) bond motifs is 1. The van der Waals surface area contributed by atoms with E-state index in [-0.39, 0.29) is 11.3 Å². The molecule has 0 spiro atoms. The number of anilines is 1. The van der Waals surface area contributed by atoms with Gasteiger partial charge in [0, 0.05) is 29.5 Å². The summed E-state index contributed by atoms with van der Waals surface area (Å²) in [5, 5.41) is 0.773. The molecule has 0 aliphatic carbocycles. The number of nitrogens with zero attached hydrogens (tertiary/aromatic N) is 3. The van der Waals surface area contributed by atoms with Crippen LogP contribution in [0.25, 0.3) is 10.9 Å². The van der Waals surface area contributed by atoms with E-state index in [1.54, 1.807) is 12.1 Å². The molecule has 0 saturated carbocycles. The minimum atomic E-state index is 0.0408. The van der Waals surface area contributed by atoms with Gasteiger partial charge < -0.3 is 10.6 Å². The third-order valence-electron chi connectivity index (χ3n) is 5.25. The SMILES string of the molecule is CCC1(c2ccccc2)CN(C(=O)c2ccc3c(N)ncnc3c2)C1. The predicted molar refractivity (Wildman–Crippen MR) is 98.3 cm³/mol. The number of hydrogen-bond acceptors (Lipinski definition) is 4. The second-order valence-corrected chi connectivity index (χ2v) is 6.65. The molecule has 5 nitrogen and oxygen atoms in total. The van der Waals surface area contributed by atoms with Gasteiger partial charge in [0.15, 0.2) is 0 Å². The molecule has 1 aliphatic rings. The Balaban J connectivity index is 1.57. The number of amides is 1. The first-order valence-corrected chi connectivity index (χ1v) is 8.48. The van der Waals surface area contributed by atoms with Gasteiger partial charge in [-0.2, -0.15) is 0 Å². The zero-order valence-corrected chi connectivity index (χ0v) is 14.1. The molecule has 2 heterocycles. The van der Waals surface area contributed by atoms with Gasteiger partial charge in [0.25, 0.3) is 5.91 Å². The largest absolute Gasteiger partial charge is 0.383 e. The highest BCUT2D eigenvalue weighted by molar-refractivity contribution is 6.00. The maximum atomic E-state index is 12.8. The van der Waals surface area contributed by atoms with Crippen LogP contribution in [0.2, 0.25) is 0 Å². The maximum absolute atomic E-state index is 12.8. The first-order chi connectivity index (χ1) is 12.1. The normalized spacial score (nSPS) is 15.8. The fraction of sp³-hybridized carbons (Fsp3) is 0.250. The predicted octanol–water partition coefficient (Wildman–Crippen LogP) is 3.02. The van der Waals surface area contributed by atoms with Gasteiger partial charge in [-0.3, -0.25) is 4.79 Å². The van der Waals surface area contributed by atoms with E-state index in [9.17, 15) is 4.79 Å². The van der Waals surface area contributed by atoms with Crippen molar-refractivity contribution in [2.24, 2.45) is 0 Å². The smallest absolute Gasteiger partial charge is 0.253 e. The van der Waals surface area contributed by atoms with E-state index in [1.165, 1.54) is 11.9 Å². The van der Waals surface area contributed by atoms with Crippen molar-refractivity contribution < 1.29 is 4.79 Å². The molecule has 0 unspecified atom stereocenters. The summed E-state index contributed by atoms with van der Waals surface area (Å²) in [5.74, 6) is 0.473. The molecule has 1 aliphatic heterocycles. The lowest BCUT2D eigenvalue weighted by Crippen LogP contribution is -2.60. The number of nitrogen functional groups attached to an aromatic ring is 1. The second kappa shape index (κ2) is 5.84. The van der Waals surface area contributed by atoms with Crippen molar-refractivity contribution in [3.63, 3.8) is 0 Å². The minimum Gasteiger partial charge on any atom is -0.383 e. The van der Waals surface area contributed by atoms with Crippen LogP contribution in [0.5, 0.6) is 0 Å². The molecule has 1 amide bonds. The quantitative estimate of drug-likeness (QED) is 0.800. The van der Waals surface area contributed by atoms with Crippen molar-refractivity contribution in [1.29, 1.82) is 0 Å². The molecule has 5 heteroatoms. The van der Waals surface area contributed by atoms with Crippen LogP contribution in [0.15, 0.2) is 54.9 Å². The molecule has 1 fully saturated rings. The summed E-state index contributed by atoms with van der Waals surface area (Å²) in [7, 11) is 0. The summed E-state index contributed by atoms with van der Waals surface area (Å²) in [6.07, 6.45) is 2.44. The van der Waals surface area contributed by atoms with Gasteiger partial charge in [-0.25, -0.2) is 9.97 Å². The Bertz CT molecular complexity index is 933. The Hall–Kier alpha value is -2.95. The van der Waals surface area contributed by atoms with Gasteiger partial charge in [0.2, 0.25) is 0 Å². The van der Waals surface area contributed by atoms with E-state index in [1.807, 2.05) is 17.0 Å². The van der Waals surface area contributed by atoms with E-state index >= 15 is 0 Å². The summed E-state index contributed by atoms with van der Waals surface area (Å²) in [6.45, 7) is 3.68. The third-order valence-corrected chi connectivity index (χ3v) is 5.25. The molecule has 3 aromatic rings. The molecule has 1 aromatic heterocycles. The summed E-state index contributed by atoms with van der Waals surface area (Å²) in [6, 6.07) is 15.9. The van der Waals surface area contributed by atoms with Gasteiger partial charge in [0.1, 0.15) is 12.1 Å². The zero-order valence-electron chi connectivity index (χ0n) is 14.1. The van der Waals surface area contributed by atoms with Crippen LogP contribution in [0.3, 0.4) is 0 Å². The number of carbonyl (C=O) groups is 1. The molecule has 0 radical (unpaired) electrons. The van der Waals surface area contributed by atoms with Gasteiger partial charge in [-0.15, -0.1) is 0 Å². The Morgan fingerprint density at radius 3 is 2.64 bits per heavy atom. The molecule has 0 atom stereocenters. The molecule has 2 aromatic carbocycles. The third kappa shape index (κ3) is 2.52. The lowest BCUT2D eigenvalue weighted by Gasteiger charge is -2.50. The molecule has 25 heavy (non-hydrogen) atoms. The standard InChI is InChI=1S/C20H20N4O/c1-2-20(15-6-4-3-5-7-15)11-24(12-20)19(25)14-8-9-16-17(10-14)22-13-23-18(16)21/h3-10,13H,2,11-12H2,1H3,(H2,21,22,23). The van der Waals surface area contributed by atoms with Crippen molar-refractivity contribution in [2.75, 3.05) is 18.8 Å². The molecular formula is C20H20N4O. The number of carbonyl (C=O) groups excluding carboxylic acids is 1. The van der Waals surface area contributed by atoms with Crippen molar-refractivity contribution in [3.8, 4) is 0 Å². The van der Waals surface area contributed by atoms with Crippen LogP contribution in [0.4, 0.5) is 5.82 Å². The van der Waals surface area contributed by atoms with Crippen molar-refractivity contribution in [2.45, 2.75) is 18.8 Å². The highest BCUT2D eigenvalue weighted by Crippen LogP contribution is 2.38. The molecular weight excluding hydrogens is 312 g/mol.